The molecule has 3 atom stereocenters. The van der Waals surface area contributed by atoms with E-state index in [-0.39, 0.29) is 29.8 Å². The number of hydrogen-bond acceptors (Lipinski definition) is 3. The molecule has 0 aliphatic carbocycles. The number of rotatable bonds is 5. The summed E-state index contributed by atoms with van der Waals surface area (Å²) in [6.45, 7) is 2.02. The van der Waals surface area contributed by atoms with Crippen LogP contribution in [0.1, 0.15) is 30.5 Å². The van der Waals surface area contributed by atoms with Gasteiger partial charge in [0.05, 0.1) is 6.04 Å². The molecule has 2 aromatic rings. The van der Waals surface area contributed by atoms with Crippen LogP contribution in [0.15, 0.2) is 48.8 Å². The minimum absolute atomic E-state index is 0.00604. The van der Waals surface area contributed by atoms with Crippen molar-refractivity contribution in [2.45, 2.75) is 37.9 Å². The van der Waals surface area contributed by atoms with Gasteiger partial charge >= 0.3 is 0 Å². The maximum atomic E-state index is 13.8. The van der Waals surface area contributed by atoms with Crippen molar-refractivity contribution in [1.29, 1.82) is 0 Å². The van der Waals surface area contributed by atoms with Gasteiger partial charge in [0.1, 0.15) is 5.82 Å². The summed E-state index contributed by atoms with van der Waals surface area (Å²) >= 11 is 0. The first-order valence-electron chi connectivity index (χ1n) is 8.21. The predicted molar refractivity (Wildman–Crippen MR) is 90.9 cm³/mol. The number of likely N-dealkylation sites (tertiary alicyclic amines) is 1. The van der Waals surface area contributed by atoms with Crippen molar-refractivity contribution in [3.8, 4) is 0 Å². The number of halogens is 1. The van der Waals surface area contributed by atoms with Gasteiger partial charge in [-0.1, -0.05) is 24.3 Å². The second-order valence-electron chi connectivity index (χ2n) is 6.41. The summed E-state index contributed by atoms with van der Waals surface area (Å²) in [6.07, 6.45) is 4.55. The van der Waals surface area contributed by atoms with Crippen molar-refractivity contribution in [3.63, 3.8) is 0 Å². The number of hydrogen-bond donors (Lipinski definition) is 1. The van der Waals surface area contributed by atoms with E-state index < -0.39 is 0 Å². The third kappa shape index (κ3) is 3.46. The number of nitrogens with one attached hydrogen (secondary N) is 1. The third-order valence-electron chi connectivity index (χ3n) is 4.59. The highest BCUT2D eigenvalue weighted by Crippen LogP contribution is 2.31. The van der Waals surface area contributed by atoms with Crippen LogP contribution in [0.25, 0.3) is 0 Å². The number of benzene rings is 1. The fraction of sp³-hybridized carbons (Fsp3) is 0.368. The molecule has 24 heavy (non-hydrogen) atoms. The fourth-order valence-electron chi connectivity index (χ4n) is 3.44. The first-order valence-corrected chi connectivity index (χ1v) is 8.21. The van der Waals surface area contributed by atoms with Crippen LogP contribution < -0.4 is 5.32 Å². The number of pyridine rings is 1. The van der Waals surface area contributed by atoms with Gasteiger partial charge < -0.3 is 10.2 Å². The number of carbonyl (C=O) groups is 1. The Balaban J connectivity index is 1.73. The zero-order chi connectivity index (χ0) is 17.1. The molecule has 3 rings (SSSR count). The van der Waals surface area contributed by atoms with E-state index in [1.807, 2.05) is 32.2 Å². The summed E-state index contributed by atoms with van der Waals surface area (Å²) in [6, 6.07) is 10.7. The van der Waals surface area contributed by atoms with E-state index >= 15 is 0 Å². The summed E-state index contributed by atoms with van der Waals surface area (Å²) in [5.74, 6) is -0.0750. The van der Waals surface area contributed by atoms with Gasteiger partial charge in [0.25, 0.3) is 0 Å². The minimum atomic E-state index is -0.186. The highest BCUT2D eigenvalue weighted by molar-refractivity contribution is 5.80. The van der Waals surface area contributed by atoms with Crippen molar-refractivity contribution in [2.75, 3.05) is 7.05 Å². The number of aromatic nitrogens is 1. The Labute approximate surface area is 141 Å². The van der Waals surface area contributed by atoms with Crippen molar-refractivity contribution in [2.24, 2.45) is 0 Å². The molecule has 126 valence electrons. The van der Waals surface area contributed by atoms with Gasteiger partial charge in [-0.15, -0.1) is 0 Å². The number of amides is 1. The highest BCUT2D eigenvalue weighted by atomic mass is 19.1. The van der Waals surface area contributed by atoms with Crippen molar-refractivity contribution in [1.82, 2.24) is 15.2 Å². The Hall–Kier alpha value is -2.27. The lowest BCUT2D eigenvalue weighted by molar-refractivity contribution is -0.127. The van der Waals surface area contributed by atoms with Crippen LogP contribution in [0.5, 0.6) is 0 Å². The van der Waals surface area contributed by atoms with Crippen LogP contribution in [-0.4, -0.2) is 34.9 Å². The quantitative estimate of drug-likeness (QED) is 0.918. The molecule has 1 aromatic carbocycles. The standard InChI is InChI=1S/C19H22FN3O/c1-13(10-14-6-3-4-8-16(14)20)22-17-11-18(24)23(2)19(17)15-7-5-9-21-12-15/h3-9,12-13,17,19,22H,10-11H2,1-2H3/t13-,17-,19+/m1/s1. The van der Waals surface area contributed by atoms with Gasteiger partial charge in [0.2, 0.25) is 5.91 Å². The Morgan fingerprint density at radius 3 is 2.83 bits per heavy atom. The largest absolute Gasteiger partial charge is 0.337 e. The Bertz CT molecular complexity index is 707. The van der Waals surface area contributed by atoms with E-state index in [4.69, 9.17) is 0 Å². The van der Waals surface area contributed by atoms with Crippen molar-refractivity contribution >= 4 is 5.91 Å². The lowest BCUT2D eigenvalue weighted by Crippen LogP contribution is -2.41. The Morgan fingerprint density at radius 1 is 1.33 bits per heavy atom. The molecule has 0 radical (unpaired) electrons. The topological polar surface area (TPSA) is 45.2 Å². The van der Waals surface area contributed by atoms with Gasteiger partial charge in [0, 0.05) is 37.9 Å². The number of nitrogens with zero attached hydrogens (tertiary/aromatic N) is 2. The zero-order valence-electron chi connectivity index (χ0n) is 13.9. The van der Waals surface area contributed by atoms with E-state index in [1.165, 1.54) is 6.07 Å². The molecule has 1 N–H and O–H groups in total. The maximum absolute atomic E-state index is 13.8. The average molecular weight is 327 g/mol. The molecule has 0 saturated carbocycles. The lowest BCUT2D eigenvalue weighted by Gasteiger charge is -2.28. The summed E-state index contributed by atoms with van der Waals surface area (Å²) in [5.41, 5.74) is 1.70. The van der Waals surface area contributed by atoms with E-state index in [1.54, 1.807) is 29.4 Å². The molecule has 1 saturated heterocycles. The van der Waals surface area contributed by atoms with Crippen LogP contribution in [0.2, 0.25) is 0 Å². The van der Waals surface area contributed by atoms with Crippen LogP contribution in [0.3, 0.4) is 0 Å². The number of carbonyl (C=O) groups excluding carboxylic acids is 1. The molecule has 1 aromatic heterocycles. The molecule has 0 spiro atoms. The molecular formula is C19H22FN3O. The monoisotopic (exact) mass is 327 g/mol. The first kappa shape index (κ1) is 16.6. The van der Waals surface area contributed by atoms with Crippen LogP contribution in [0.4, 0.5) is 4.39 Å². The van der Waals surface area contributed by atoms with Gasteiger partial charge in [-0.25, -0.2) is 4.39 Å². The normalized spacial score (nSPS) is 22.0. The molecular weight excluding hydrogens is 305 g/mol. The Morgan fingerprint density at radius 2 is 2.12 bits per heavy atom. The van der Waals surface area contributed by atoms with Gasteiger partial charge in [-0.2, -0.15) is 0 Å². The van der Waals surface area contributed by atoms with Gasteiger partial charge in [-0.3, -0.25) is 9.78 Å². The Kier molecular flexibility index (Phi) is 4.90. The van der Waals surface area contributed by atoms with Crippen LogP contribution >= 0.6 is 0 Å². The minimum Gasteiger partial charge on any atom is -0.337 e. The van der Waals surface area contributed by atoms with E-state index in [0.29, 0.717) is 18.4 Å². The third-order valence-corrected chi connectivity index (χ3v) is 4.59. The molecule has 1 amide bonds. The molecule has 1 fully saturated rings. The molecule has 1 aliphatic rings. The lowest BCUT2D eigenvalue weighted by atomic mass is 9.99. The summed E-state index contributed by atoms with van der Waals surface area (Å²) in [4.78, 5) is 18.1. The fourth-order valence-corrected chi connectivity index (χ4v) is 3.44. The molecule has 2 heterocycles. The molecule has 4 nitrogen and oxygen atoms in total. The predicted octanol–water partition coefficient (Wildman–Crippen LogP) is 2.71. The van der Waals surface area contributed by atoms with Gasteiger partial charge in [-0.05, 0) is 36.6 Å². The van der Waals surface area contributed by atoms with E-state index in [2.05, 4.69) is 10.3 Å². The number of likely N-dealkylation sites (N-methyl/N-ethyl adjacent to an activating group) is 1. The van der Waals surface area contributed by atoms with Crippen LogP contribution in [0, 0.1) is 5.82 Å². The van der Waals surface area contributed by atoms with Crippen molar-refractivity contribution in [3.05, 3.63) is 65.7 Å². The second-order valence-corrected chi connectivity index (χ2v) is 6.41. The first-order chi connectivity index (χ1) is 11.6. The van der Waals surface area contributed by atoms with Crippen LogP contribution in [-0.2, 0) is 11.2 Å². The van der Waals surface area contributed by atoms with Crippen molar-refractivity contribution < 1.29 is 9.18 Å². The highest BCUT2D eigenvalue weighted by Gasteiger charge is 2.39. The summed E-state index contributed by atoms with van der Waals surface area (Å²) in [5, 5.41) is 3.51. The molecule has 0 bridgehead atoms. The van der Waals surface area contributed by atoms with E-state index in [9.17, 15) is 9.18 Å². The molecule has 5 heteroatoms. The smallest absolute Gasteiger partial charge is 0.224 e. The molecule has 0 unspecified atom stereocenters. The summed E-state index contributed by atoms with van der Waals surface area (Å²) < 4.78 is 13.8. The van der Waals surface area contributed by atoms with Gasteiger partial charge in [0.15, 0.2) is 0 Å². The van der Waals surface area contributed by atoms with E-state index in [0.717, 1.165) is 5.56 Å². The SMILES string of the molecule is C[C@H](Cc1ccccc1F)N[C@@H]1CC(=O)N(C)[C@H]1c1cccnc1. The summed E-state index contributed by atoms with van der Waals surface area (Å²) in [7, 11) is 1.82. The zero-order valence-corrected chi connectivity index (χ0v) is 13.9. The molecule has 1 aliphatic heterocycles. The maximum Gasteiger partial charge on any atom is 0.224 e. The second kappa shape index (κ2) is 7.09. The average Bonchev–Trinajstić information content (AvgIpc) is 2.84.